The first kappa shape index (κ1) is 13.7. The lowest BCUT2D eigenvalue weighted by Crippen LogP contribution is -2.47. The lowest BCUT2D eigenvalue weighted by Gasteiger charge is -2.33. The molecule has 5 nitrogen and oxygen atoms in total. The third-order valence-corrected chi connectivity index (χ3v) is 3.15. The second-order valence-electron chi connectivity index (χ2n) is 4.68. The van der Waals surface area contributed by atoms with Gasteiger partial charge in [-0.15, -0.1) is 0 Å². The van der Waals surface area contributed by atoms with Crippen LogP contribution in [0.5, 0.6) is 5.75 Å². The van der Waals surface area contributed by atoms with Crippen molar-refractivity contribution in [3.8, 4) is 5.75 Å². The number of rotatable bonds is 4. The Kier molecular flexibility index (Phi) is 4.63. The molecule has 19 heavy (non-hydrogen) atoms. The molecular formula is C14H20N2O3. The van der Waals surface area contributed by atoms with Crippen LogP contribution in [0.3, 0.4) is 0 Å². The minimum atomic E-state index is 0.117. The highest BCUT2D eigenvalue weighted by Crippen LogP contribution is 2.14. The molecule has 1 atom stereocenters. The Morgan fingerprint density at radius 3 is 2.89 bits per heavy atom. The van der Waals surface area contributed by atoms with Crippen LogP contribution in [0.1, 0.15) is 13.3 Å². The molecule has 104 valence electrons. The van der Waals surface area contributed by atoms with E-state index in [0.29, 0.717) is 38.5 Å². The average Bonchev–Trinajstić information content (AvgIpc) is 2.41. The number of hydrogen-bond donors (Lipinski definition) is 1. The fourth-order valence-corrected chi connectivity index (χ4v) is 2.06. The molecule has 2 rings (SSSR count). The number of hydrogen-bond acceptors (Lipinski definition) is 4. The molecule has 5 heteroatoms. The fourth-order valence-electron chi connectivity index (χ4n) is 2.06. The van der Waals surface area contributed by atoms with Crippen LogP contribution < -0.4 is 10.5 Å². The van der Waals surface area contributed by atoms with E-state index in [-0.39, 0.29) is 11.9 Å². The van der Waals surface area contributed by atoms with E-state index in [9.17, 15) is 4.79 Å². The predicted octanol–water partition coefficient (Wildman–Crippen LogP) is 1.28. The van der Waals surface area contributed by atoms with Gasteiger partial charge in [0.05, 0.1) is 32.3 Å². The van der Waals surface area contributed by atoms with Gasteiger partial charge in [-0.1, -0.05) is 0 Å². The topological polar surface area (TPSA) is 64.8 Å². The van der Waals surface area contributed by atoms with Gasteiger partial charge in [0.1, 0.15) is 5.75 Å². The average molecular weight is 264 g/mol. The summed E-state index contributed by atoms with van der Waals surface area (Å²) in [7, 11) is 0. The molecule has 1 saturated heterocycles. The Bertz CT molecular complexity index is 419. The van der Waals surface area contributed by atoms with Gasteiger partial charge in [-0.2, -0.15) is 0 Å². The first-order chi connectivity index (χ1) is 9.16. The Morgan fingerprint density at radius 2 is 2.21 bits per heavy atom. The number of carbonyl (C=O) groups is 1. The number of nitrogens with two attached hydrogens (primary N) is 1. The predicted molar refractivity (Wildman–Crippen MR) is 73.0 cm³/mol. The van der Waals surface area contributed by atoms with E-state index >= 15 is 0 Å². The van der Waals surface area contributed by atoms with Crippen LogP contribution in [0.4, 0.5) is 5.69 Å². The summed E-state index contributed by atoms with van der Waals surface area (Å²) < 4.78 is 10.8. The molecule has 0 bridgehead atoms. The van der Waals surface area contributed by atoms with Gasteiger partial charge < -0.3 is 20.1 Å². The highest BCUT2D eigenvalue weighted by molar-refractivity contribution is 5.76. The van der Waals surface area contributed by atoms with Crippen molar-refractivity contribution in [3.63, 3.8) is 0 Å². The van der Waals surface area contributed by atoms with Crippen LogP contribution in [0, 0.1) is 0 Å². The molecule has 0 aliphatic carbocycles. The number of anilines is 1. The maximum absolute atomic E-state index is 12.0. The standard InChI is InChI=1S/C14H20N2O3/c1-11-10-18-9-7-16(11)14(17)6-8-19-13-4-2-12(15)3-5-13/h2-5,11H,6-10,15H2,1H3/t11-/m1/s1. The van der Waals surface area contributed by atoms with Crippen LogP contribution in [-0.2, 0) is 9.53 Å². The molecule has 2 N–H and O–H groups in total. The molecule has 0 unspecified atom stereocenters. The Labute approximate surface area is 113 Å². The van der Waals surface area contributed by atoms with E-state index in [1.165, 1.54) is 0 Å². The van der Waals surface area contributed by atoms with Crippen LogP contribution in [0.25, 0.3) is 0 Å². The van der Waals surface area contributed by atoms with E-state index in [1.807, 2.05) is 11.8 Å². The van der Waals surface area contributed by atoms with Gasteiger partial charge in [0.25, 0.3) is 0 Å². The van der Waals surface area contributed by atoms with Crippen molar-refractivity contribution >= 4 is 11.6 Å². The monoisotopic (exact) mass is 264 g/mol. The van der Waals surface area contributed by atoms with Crippen molar-refractivity contribution < 1.29 is 14.3 Å². The fraction of sp³-hybridized carbons (Fsp3) is 0.500. The Morgan fingerprint density at radius 1 is 1.47 bits per heavy atom. The molecule has 1 aromatic carbocycles. The van der Waals surface area contributed by atoms with E-state index in [0.717, 1.165) is 5.75 Å². The summed E-state index contributed by atoms with van der Waals surface area (Å²) in [6.07, 6.45) is 0.384. The maximum atomic E-state index is 12.0. The minimum Gasteiger partial charge on any atom is -0.493 e. The van der Waals surface area contributed by atoms with Gasteiger partial charge >= 0.3 is 0 Å². The van der Waals surface area contributed by atoms with Gasteiger partial charge in [0.15, 0.2) is 0 Å². The summed E-state index contributed by atoms with van der Waals surface area (Å²) in [5.41, 5.74) is 6.29. The number of nitrogen functional groups attached to an aromatic ring is 1. The zero-order valence-electron chi connectivity index (χ0n) is 11.2. The Hall–Kier alpha value is -1.75. The highest BCUT2D eigenvalue weighted by atomic mass is 16.5. The summed E-state index contributed by atoms with van der Waals surface area (Å²) in [4.78, 5) is 13.9. The lowest BCUT2D eigenvalue weighted by atomic mass is 10.2. The zero-order chi connectivity index (χ0) is 13.7. The molecule has 0 radical (unpaired) electrons. The minimum absolute atomic E-state index is 0.117. The van der Waals surface area contributed by atoms with Crippen molar-refractivity contribution in [2.24, 2.45) is 0 Å². The van der Waals surface area contributed by atoms with E-state index < -0.39 is 0 Å². The van der Waals surface area contributed by atoms with Crippen molar-refractivity contribution in [2.45, 2.75) is 19.4 Å². The molecule has 1 aliphatic heterocycles. The SMILES string of the molecule is C[C@@H]1COCCN1C(=O)CCOc1ccc(N)cc1. The van der Waals surface area contributed by atoms with Crippen LogP contribution in [0.2, 0.25) is 0 Å². The van der Waals surface area contributed by atoms with Crippen molar-refractivity contribution in [2.75, 3.05) is 32.1 Å². The largest absolute Gasteiger partial charge is 0.493 e. The van der Waals surface area contributed by atoms with Gasteiger partial charge in [0, 0.05) is 12.2 Å². The lowest BCUT2D eigenvalue weighted by molar-refractivity contribution is -0.139. The number of nitrogens with zero attached hydrogens (tertiary/aromatic N) is 1. The second kappa shape index (κ2) is 6.43. The smallest absolute Gasteiger partial charge is 0.226 e. The van der Waals surface area contributed by atoms with Crippen molar-refractivity contribution in [1.29, 1.82) is 0 Å². The van der Waals surface area contributed by atoms with Gasteiger partial charge in [-0.05, 0) is 31.2 Å². The zero-order valence-corrected chi connectivity index (χ0v) is 11.2. The Balaban J connectivity index is 1.75. The molecule has 1 heterocycles. The molecule has 1 aliphatic rings. The summed E-state index contributed by atoms with van der Waals surface area (Å²) in [5.74, 6) is 0.850. The molecule has 1 amide bonds. The summed E-state index contributed by atoms with van der Waals surface area (Å²) in [5, 5.41) is 0. The van der Waals surface area contributed by atoms with E-state index in [2.05, 4.69) is 0 Å². The quantitative estimate of drug-likeness (QED) is 0.832. The summed E-state index contributed by atoms with van der Waals surface area (Å²) >= 11 is 0. The number of carbonyl (C=O) groups excluding carboxylic acids is 1. The summed E-state index contributed by atoms with van der Waals surface area (Å²) in [6, 6.07) is 7.31. The second-order valence-corrected chi connectivity index (χ2v) is 4.68. The first-order valence-corrected chi connectivity index (χ1v) is 6.52. The first-order valence-electron chi connectivity index (χ1n) is 6.52. The number of benzene rings is 1. The molecule has 1 fully saturated rings. The third-order valence-electron chi connectivity index (χ3n) is 3.15. The molecule has 0 spiro atoms. The van der Waals surface area contributed by atoms with E-state index in [4.69, 9.17) is 15.2 Å². The van der Waals surface area contributed by atoms with Crippen molar-refractivity contribution in [1.82, 2.24) is 4.90 Å². The summed E-state index contributed by atoms with van der Waals surface area (Å²) in [6.45, 7) is 4.28. The van der Waals surface area contributed by atoms with Crippen LogP contribution in [-0.4, -0.2) is 43.2 Å². The van der Waals surface area contributed by atoms with Gasteiger partial charge in [-0.3, -0.25) is 4.79 Å². The van der Waals surface area contributed by atoms with Crippen LogP contribution >= 0.6 is 0 Å². The third kappa shape index (κ3) is 3.86. The molecule has 0 aromatic heterocycles. The highest BCUT2D eigenvalue weighted by Gasteiger charge is 2.23. The van der Waals surface area contributed by atoms with Gasteiger partial charge in [-0.25, -0.2) is 0 Å². The molecule has 1 aromatic rings. The van der Waals surface area contributed by atoms with Crippen molar-refractivity contribution in [3.05, 3.63) is 24.3 Å². The number of amides is 1. The maximum Gasteiger partial charge on any atom is 0.226 e. The molecule has 0 saturated carbocycles. The van der Waals surface area contributed by atoms with Gasteiger partial charge in [0.2, 0.25) is 5.91 Å². The normalized spacial score (nSPS) is 19.2. The number of ether oxygens (including phenoxy) is 2. The molecular weight excluding hydrogens is 244 g/mol. The van der Waals surface area contributed by atoms with E-state index in [1.54, 1.807) is 24.3 Å². The van der Waals surface area contributed by atoms with Crippen LogP contribution in [0.15, 0.2) is 24.3 Å². The number of morpholine rings is 1.